The lowest BCUT2D eigenvalue weighted by atomic mass is 10.00. The zero-order valence-electron chi connectivity index (χ0n) is 20.5. The predicted octanol–water partition coefficient (Wildman–Crippen LogP) is 5.35. The van der Waals surface area contributed by atoms with E-state index in [0.717, 1.165) is 10.0 Å². The molecule has 5 rings (SSSR count). The van der Waals surface area contributed by atoms with Gasteiger partial charge in [-0.1, -0.05) is 30.3 Å². The first-order chi connectivity index (χ1) is 18.0. The third kappa shape index (κ3) is 4.54. The summed E-state index contributed by atoms with van der Waals surface area (Å²) in [6, 6.07) is 16.4. The molecule has 0 saturated carbocycles. The van der Waals surface area contributed by atoms with Crippen LogP contribution in [-0.2, 0) is 22.8 Å². The van der Waals surface area contributed by atoms with Crippen LogP contribution >= 0.6 is 0 Å². The maximum Gasteiger partial charge on any atom is 0.275 e. The largest absolute Gasteiger partial charge is 0.454 e. The Kier molecular flexibility index (Phi) is 6.28. The van der Waals surface area contributed by atoms with Gasteiger partial charge in [0.15, 0.2) is 11.6 Å². The molecule has 3 aromatic carbocycles. The van der Waals surface area contributed by atoms with Crippen LogP contribution in [0.15, 0.2) is 83.9 Å². The number of benzene rings is 3. The minimum absolute atomic E-state index is 0.0426. The Morgan fingerprint density at radius 2 is 1.68 bits per heavy atom. The molecule has 5 aromatic rings. The van der Waals surface area contributed by atoms with Gasteiger partial charge >= 0.3 is 0 Å². The monoisotopic (exact) mass is 535 g/mol. The number of anilines is 1. The highest BCUT2D eigenvalue weighted by atomic mass is 32.2. The van der Waals surface area contributed by atoms with Crippen molar-refractivity contribution in [2.45, 2.75) is 12.7 Å². The quantitative estimate of drug-likeness (QED) is 0.296. The van der Waals surface area contributed by atoms with E-state index in [4.69, 9.17) is 10.5 Å². The number of hydrogen-bond acceptors (Lipinski definition) is 5. The molecule has 10 heteroatoms. The standard InChI is InChI=1S/C28H23F2N3O4S/c1-17-12-26(37-25-9-8-19(29)13-23(25)30)21(14-24(17)31)22-15-32(2)28(34)27-20(22)10-11-33(27)38(35,36)16-18-6-4-3-5-7-18/h3-15H,16,31H2,1-2H3. The highest BCUT2D eigenvalue weighted by Crippen LogP contribution is 2.40. The molecule has 0 aliphatic rings. The fourth-order valence-corrected chi connectivity index (χ4v) is 5.75. The Hall–Kier alpha value is -4.44. The molecule has 194 valence electrons. The SMILES string of the molecule is Cc1cc(Oc2ccc(F)cc2F)c(-c2cn(C)c(=O)c3c2ccn3S(=O)(=O)Cc2ccccc2)cc1N. The molecule has 2 heterocycles. The summed E-state index contributed by atoms with van der Waals surface area (Å²) in [4.78, 5) is 13.2. The fraction of sp³-hybridized carbons (Fsp3) is 0.107. The molecule has 38 heavy (non-hydrogen) atoms. The van der Waals surface area contributed by atoms with Gasteiger partial charge in [-0.2, -0.15) is 0 Å². The van der Waals surface area contributed by atoms with Gasteiger partial charge in [0.2, 0.25) is 10.0 Å². The molecule has 0 radical (unpaired) electrons. The van der Waals surface area contributed by atoms with Gasteiger partial charge in [-0.15, -0.1) is 0 Å². The van der Waals surface area contributed by atoms with Gasteiger partial charge in [0, 0.05) is 47.7 Å². The Morgan fingerprint density at radius 1 is 0.947 bits per heavy atom. The van der Waals surface area contributed by atoms with E-state index in [-0.39, 0.29) is 22.8 Å². The molecule has 7 nitrogen and oxygen atoms in total. The average Bonchev–Trinajstić information content (AvgIpc) is 3.32. The predicted molar refractivity (Wildman–Crippen MR) is 143 cm³/mol. The van der Waals surface area contributed by atoms with Crippen molar-refractivity contribution in [2.24, 2.45) is 7.05 Å². The van der Waals surface area contributed by atoms with Gasteiger partial charge in [-0.25, -0.2) is 21.2 Å². The van der Waals surface area contributed by atoms with Crippen LogP contribution in [0.5, 0.6) is 11.5 Å². The average molecular weight is 536 g/mol. The number of nitrogens with zero attached hydrogens (tertiary/aromatic N) is 2. The summed E-state index contributed by atoms with van der Waals surface area (Å²) in [6.07, 6.45) is 2.88. The van der Waals surface area contributed by atoms with E-state index in [1.165, 1.54) is 36.1 Å². The number of halogens is 2. The van der Waals surface area contributed by atoms with Crippen LogP contribution in [-0.4, -0.2) is 17.0 Å². The molecule has 0 spiro atoms. The van der Waals surface area contributed by atoms with Crippen molar-refractivity contribution in [3.8, 4) is 22.6 Å². The van der Waals surface area contributed by atoms with Crippen LogP contribution in [0, 0.1) is 18.6 Å². The summed E-state index contributed by atoms with van der Waals surface area (Å²) >= 11 is 0. The number of fused-ring (bicyclic) bond motifs is 1. The van der Waals surface area contributed by atoms with E-state index >= 15 is 0 Å². The lowest BCUT2D eigenvalue weighted by molar-refractivity contribution is 0.439. The normalized spacial score (nSPS) is 11.7. The molecule has 0 amide bonds. The van der Waals surface area contributed by atoms with Crippen molar-refractivity contribution in [3.05, 3.63) is 112 Å². The van der Waals surface area contributed by atoms with Crippen molar-refractivity contribution in [2.75, 3.05) is 5.73 Å². The fourth-order valence-electron chi connectivity index (χ4n) is 4.30. The summed E-state index contributed by atoms with van der Waals surface area (Å²) in [5, 5.41) is 0.345. The number of aromatic nitrogens is 2. The molecule has 0 unspecified atom stereocenters. The third-order valence-corrected chi connectivity index (χ3v) is 7.85. The van der Waals surface area contributed by atoms with Crippen LogP contribution in [0.2, 0.25) is 0 Å². The Morgan fingerprint density at radius 3 is 2.39 bits per heavy atom. The second kappa shape index (κ2) is 9.46. The number of nitrogens with two attached hydrogens (primary N) is 1. The van der Waals surface area contributed by atoms with Crippen LogP contribution in [0.25, 0.3) is 22.0 Å². The molecule has 0 atom stereocenters. The van der Waals surface area contributed by atoms with Crippen LogP contribution in [0.4, 0.5) is 14.5 Å². The van der Waals surface area contributed by atoms with Gasteiger partial charge in [-0.3, -0.25) is 4.79 Å². The molecule has 2 N–H and O–H groups in total. The van der Waals surface area contributed by atoms with E-state index in [0.29, 0.717) is 39.4 Å². The molecule has 0 fully saturated rings. The second-order valence-electron chi connectivity index (χ2n) is 8.96. The maximum atomic E-state index is 14.4. The number of hydrogen-bond donors (Lipinski definition) is 1. The Bertz CT molecular complexity index is 1860. The molecular weight excluding hydrogens is 512 g/mol. The van der Waals surface area contributed by atoms with Crippen LogP contribution < -0.4 is 16.0 Å². The zero-order chi connectivity index (χ0) is 27.2. The molecule has 0 saturated heterocycles. The van der Waals surface area contributed by atoms with Crippen molar-refractivity contribution in [1.82, 2.24) is 8.54 Å². The highest BCUT2D eigenvalue weighted by Gasteiger charge is 2.23. The summed E-state index contributed by atoms with van der Waals surface area (Å²) in [5.74, 6) is -1.96. The van der Waals surface area contributed by atoms with Gasteiger partial charge in [0.1, 0.15) is 17.1 Å². The molecule has 0 aliphatic heterocycles. The molecule has 0 bridgehead atoms. The van der Waals surface area contributed by atoms with Crippen molar-refractivity contribution in [1.29, 1.82) is 0 Å². The van der Waals surface area contributed by atoms with Crippen molar-refractivity contribution >= 4 is 26.6 Å². The zero-order valence-corrected chi connectivity index (χ0v) is 21.3. The number of aryl methyl sites for hydroxylation is 2. The number of pyridine rings is 1. The third-order valence-electron chi connectivity index (χ3n) is 6.25. The number of ether oxygens (including phenoxy) is 1. The van der Waals surface area contributed by atoms with Crippen molar-refractivity contribution in [3.63, 3.8) is 0 Å². The van der Waals surface area contributed by atoms with E-state index in [9.17, 15) is 22.0 Å². The maximum absolute atomic E-state index is 14.4. The lowest BCUT2D eigenvalue weighted by Crippen LogP contribution is -2.23. The lowest BCUT2D eigenvalue weighted by Gasteiger charge is -2.16. The highest BCUT2D eigenvalue weighted by molar-refractivity contribution is 7.89. The van der Waals surface area contributed by atoms with Crippen LogP contribution in [0.1, 0.15) is 11.1 Å². The minimum Gasteiger partial charge on any atom is -0.454 e. The van der Waals surface area contributed by atoms with Gasteiger partial charge in [-0.05, 0) is 48.4 Å². The van der Waals surface area contributed by atoms with Crippen molar-refractivity contribution < 1.29 is 21.9 Å². The molecule has 2 aromatic heterocycles. The summed E-state index contributed by atoms with van der Waals surface area (Å²) in [7, 11) is -2.45. The van der Waals surface area contributed by atoms with E-state index in [1.54, 1.807) is 49.4 Å². The van der Waals surface area contributed by atoms with E-state index < -0.39 is 27.2 Å². The smallest absolute Gasteiger partial charge is 0.275 e. The topological polar surface area (TPSA) is 96.3 Å². The van der Waals surface area contributed by atoms with Gasteiger partial charge in [0.25, 0.3) is 5.56 Å². The van der Waals surface area contributed by atoms with Crippen LogP contribution in [0.3, 0.4) is 0 Å². The number of rotatable bonds is 6. The summed E-state index contributed by atoms with van der Waals surface area (Å²) in [5.41, 5.74) is 8.11. The molecular formula is C28H23F2N3O4S. The first-order valence-electron chi connectivity index (χ1n) is 11.6. The minimum atomic E-state index is -3.96. The van der Waals surface area contributed by atoms with E-state index in [2.05, 4.69) is 0 Å². The van der Waals surface area contributed by atoms with Gasteiger partial charge < -0.3 is 15.0 Å². The Labute approximate surface area is 217 Å². The first-order valence-corrected chi connectivity index (χ1v) is 13.2. The first kappa shape index (κ1) is 25.2. The molecule has 0 aliphatic carbocycles. The van der Waals surface area contributed by atoms with Gasteiger partial charge in [0.05, 0.1) is 5.75 Å². The van der Waals surface area contributed by atoms with E-state index in [1.807, 2.05) is 0 Å². The second-order valence-corrected chi connectivity index (χ2v) is 10.8. The Balaban J connectivity index is 1.71. The summed E-state index contributed by atoms with van der Waals surface area (Å²) in [6.45, 7) is 1.75. The number of nitrogen functional groups attached to an aromatic ring is 1. The summed E-state index contributed by atoms with van der Waals surface area (Å²) < 4.78 is 62.7.